The predicted octanol–water partition coefficient (Wildman–Crippen LogP) is 5.49. The normalized spacial score (nSPS) is 27.8. The summed E-state index contributed by atoms with van der Waals surface area (Å²) in [5.74, 6) is 1.66. The summed E-state index contributed by atoms with van der Waals surface area (Å²) in [4.78, 5) is 1.50. The lowest BCUT2D eigenvalue weighted by Crippen LogP contribution is -2.47. The summed E-state index contributed by atoms with van der Waals surface area (Å²) in [6.07, 6.45) is 5.29. The molecule has 0 saturated heterocycles. The van der Waals surface area contributed by atoms with Gasteiger partial charge in [0, 0.05) is 15.4 Å². The summed E-state index contributed by atoms with van der Waals surface area (Å²) < 4.78 is 1.29. The average molecular weight is 358 g/mol. The van der Waals surface area contributed by atoms with Gasteiger partial charge < -0.3 is 5.32 Å². The van der Waals surface area contributed by atoms with Crippen molar-refractivity contribution in [1.82, 2.24) is 5.32 Å². The highest BCUT2D eigenvalue weighted by molar-refractivity contribution is 9.10. The molecule has 1 aliphatic rings. The van der Waals surface area contributed by atoms with Crippen LogP contribution in [0.1, 0.15) is 51.8 Å². The Morgan fingerprint density at radius 2 is 2.15 bits per heavy atom. The molecule has 1 N–H and O–H groups in total. The van der Waals surface area contributed by atoms with Gasteiger partial charge in [0.1, 0.15) is 0 Å². The first-order chi connectivity index (χ1) is 9.44. The van der Waals surface area contributed by atoms with Crippen LogP contribution in [0.3, 0.4) is 0 Å². The van der Waals surface area contributed by atoms with Crippen LogP contribution in [0.25, 0.3) is 0 Å². The Labute approximate surface area is 136 Å². The van der Waals surface area contributed by atoms with E-state index in [1.165, 1.54) is 35.0 Å². The molecule has 3 unspecified atom stereocenters. The zero-order valence-electron chi connectivity index (χ0n) is 13.2. The van der Waals surface area contributed by atoms with Gasteiger partial charge in [0.2, 0.25) is 0 Å². The highest BCUT2D eigenvalue weighted by Gasteiger charge is 2.38. The van der Waals surface area contributed by atoms with Gasteiger partial charge in [-0.2, -0.15) is 0 Å². The molecule has 1 heterocycles. The molecule has 0 aromatic carbocycles. The molecule has 3 heteroatoms. The fourth-order valence-electron chi connectivity index (χ4n) is 3.80. The van der Waals surface area contributed by atoms with Crippen molar-refractivity contribution in [3.8, 4) is 0 Å². The van der Waals surface area contributed by atoms with Crippen LogP contribution in [0.2, 0.25) is 0 Å². The number of rotatable bonds is 5. The molecule has 1 aliphatic carbocycles. The van der Waals surface area contributed by atoms with Gasteiger partial charge in [-0.1, -0.05) is 34.1 Å². The molecule has 0 radical (unpaired) electrons. The summed E-state index contributed by atoms with van der Waals surface area (Å²) in [7, 11) is 0. The maximum Gasteiger partial charge on any atom is 0.0314 e. The third-order valence-electron chi connectivity index (χ3n) is 4.89. The van der Waals surface area contributed by atoms with Crippen LogP contribution in [-0.2, 0) is 6.42 Å². The summed E-state index contributed by atoms with van der Waals surface area (Å²) >= 11 is 5.58. The van der Waals surface area contributed by atoms with Crippen molar-refractivity contribution in [2.24, 2.45) is 17.3 Å². The zero-order valence-corrected chi connectivity index (χ0v) is 15.6. The van der Waals surface area contributed by atoms with Gasteiger partial charge >= 0.3 is 0 Å². The molecule has 0 bridgehead atoms. The van der Waals surface area contributed by atoms with Crippen LogP contribution < -0.4 is 5.32 Å². The highest BCUT2D eigenvalue weighted by atomic mass is 79.9. The van der Waals surface area contributed by atoms with Gasteiger partial charge in [0.25, 0.3) is 0 Å². The van der Waals surface area contributed by atoms with E-state index in [9.17, 15) is 0 Å². The van der Waals surface area contributed by atoms with Crippen LogP contribution in [-0.4, -0.2) is 12.6 Å². The van der Waals surface area contributed by atoms with E-state index in [4.69, 9.17) is 0 Å². The molecular weight excluding hydrogens is 330 g/mol. The minimum absolute atomic E-state index is 0.361. The molecule has 1 aromatic rings. The molecule has 1 saturated carbocycles. The maximum absolute atomic E-state index is 3.76. The monoisotopic (exact) mass is 357 g/mol. The smallest absolute Gasteiger partial charge is 0.0314 e. The fraction of sp³-hybridized carbons (Fsp3) is 0.765. The largest absolute Gasteiger partial charge is 0.314 e. The summed E-state index contributed by atoms with van der Waals surface area (Å²) in [6, 6.07) is 2.87. The van der Waals surface area contributed by atoms with E-state index in [0.717, 1.165) is 18.4 Å². The van der Waals surface area contributed by atoms with E-state index in [2.05, 4.69) is 60.4 Å². The number of nitrogens with one attached hydrogen (secondary N) is 1. The third kappa shape index (κ3) is 3.86. The zero-order chi connectivity index (χ0) is 14.8. The summed E-state index contributed by atoms with van der Waals surface area (Å²) in [6.45, 7) is 10.7. The third-order valence-corrected chi connectivity index (χ3v) is 6.82. The Bertz CT molecular complexity index is 426. The topological polar surface area (TPSA) is 12.0 Å². The molecule has 1 fully saturated rings. The molecule has 1 aromatic heterocycles. The second kappa shape index (κ2) is 6.93. The maximum atomic E-state index is 3.76. The Hall–Kier alpha value is 0.140. The Kier molecular flexibility index (Phi) is 5.72. The average Bonchev–Trinajstić information content (AvgIpc) is 2.74. The quantitative estimate of drug-likeness (QED) is 0.733. The van der Waals surface area contributed by atoms with Crippen molar-refractivity contribution in [3.63, 3.8) is 0 Å². The lowest BCUT2D eigenvalue weighted by atomic mass is 9.65. The molecule has 20 heavy (non-hydrogen) atoms. The van der Waals surface area contributed by atoms with Gasteiger partial charge in [-0.05, 0) is 70.4 Å². The number of thiophene rings is 1. The van der Waals surface area contributed by atoms with Crippen LogP contribution in [0.4, 0.5) is 0 Å². The molecule has 2 rings (SSSR count). The van der Waals surface area contributed by atoms with Gasteiger partial charge in [0.05, 0.1) is 0 Å². The van der Waals surface area contributed by atoms with E-state index in [1.807, 2.05) is 11.3 Å². The Morgan fingerprint density at radius 3 is 2.75 bits per heavy atom. The minimum atomic E-state index is 0.361. The van der Waals surface area contributed by atoms with Crippen molar-refractivity contribution in [3.05, 3.63) is 20.8 Å². The molecule has 1 nitrogen and oxygen atoms in total. The first-order valence-corrected chi connectivity index (χ1v) is 9.56. The van der Waals surface area contributed by atoms with E-state index >= 15 is 0 Å². The van der Waals surface area contributed by atoms with Gasteiger partial charge in [-0.25, -0.2) is 0 Å². The first-order valence-electron chi connectivity index (χ1n) is 7.89. The second-order valence-electron chi connectivity index (χ2n) is 7.05. The SMILES string of the molecule is CCNC1CC(C)CCC1C(C)(C)Cc1sccc1Br. The fourth-order valence-corrected chi connectivity index (χ4v) is 5.53. The molecule has 0 spiro atoms. The van der Waals surface area contributed by atoms with Crippen molar-refractivity contribution in [2.45, 2.75) is 59.4 Å². The Morgan fingerprint density at radius 1 is 1.40 bits per heavy atom. The second-order valence-corrected chi connectivity index (χ2v) is 8.90. The predicted molar refractivity (Wildman–Crippen MR) is 93.5 cm³/mol. The number of hydrogen-bond donors (Lipinski definition) is 1. The molecule has 0 aliphatic heterocycles. The van der Waals surface area contributed by atoms with Crippen molar-refractivity contribution in [1.29, 1.82) is 0 Å². The lowest BCUT2D eigenvalue weighted by molar-refractivity contribution is 0.0955. The molecule has 114 valence electrons. The van der Waals surface area contributed by atoms with Crippen molar-refractivity contribution < 1.29 is 0 Å². The van der Waals surface area contributed by atoms with E-state index < -0.39 is 0 Å². The number of halogens is 1. The Balaban J connectivity index is 2.11. The molecular formula is C17H28BrNS. The van der Waals surface area contributed by atoms with Gasteiger partial charge in [0.15, 0.2) is 0 Å². The summed E-state index contributed by atoms with van der Waals surface area (Å²) in [5, 5.41) is 5.95. The van der Waals surface area contributed by atoms with Crippen molar-refractivity contribution in [2.75, 3.05) is 6.54 Å². The van der Waals surface area contributed by atoms with Gasteiger partial charge in [-0.15, -0.1) is 11.3 Å². The molecule has 0 amide bonds. The van der Waals surface area contributed by atoms with E-state index in [1.54, 1.807) is 0 Å². The summed E-state index contributed by atoms with van der Waals surface area (Å²) in [5.41, 5.74) is 0.361. The van der Waals surface area contributed by atoms with Crippen LogP contribution in [0, 0.1) is 17.3 Å². The van der Waals surface area contributed by atoms with E-state index in [0.29, 0.717) is 11.5 Å². The lowest BCUT2D eigenvalue weighted by Gasteiger charge is -2.44. The number of hydrogen-bond acceptors (Lipinski definition) is 2. The standard InChI is InChI=1S/C17H28BrNS/c1-5-19-15-10-12(2)6-7-13(15)17(3,4)11-16-14(18)8-9-20-16/h8-9,12-13,15,19H,5-7,10-11H2,1-4H3. The van der Waals surface area contributed by atoms with Crippen LogP contribution >= 0.6 is 27.3 Å². The molecule has 3 atom stereocenters. The van der Waals surface area contributed by atoms with Crippen molar-refractivity contribution >= 4 is 27.3 Å². The highest BCUT2D eigenvalue weighted by Crippen LogP contribution is 2.43. The van der Waals surface area contributed by atoms with E-state index in [-0.39, 0.29) is 0 Å². The minimum Gasteiger partial charge on any atom is -0.314 e. The first kappa shape index (κ1) is 16.5. The van der Waals surface area contributed by atoms with Gasteiger partial charge in [-0.3, -0.25) is 0 Å². The van der Waals surface area contributed by atoms with Crippen LogP contribution in [0.15, 0.2) is 15.9 Å². The van der Waals surface area contributed by atoms with Crippen LogP contribution in [0.5, 0.6) is 0 Å².